The molecule has 2 atom stereocenters. The monoisotopic (exact) mass is 301 g/mol. The summed E-state index contributed by atoms with van der Waals surface area (Å²) in [5.41, 5.74) is 0. The van der Waals surface area contributed by atoms with Gasteiger partial charge in [-0.05, 0) is 6.92 Å². The van der Waals surface area contributed by atoms with Gasteiger partial charge >= 0.3 is 19.6 Å². The van der Waals surface area contributed by atoms with Crippen molar-refractivity contribution in [2.24, 2.45) is 0 Å². The summed E-state index contributed by atoms with van der Waals surface area (Å²) in [6.45, 7) is 0.972. The summed E-state index contributed by atoms with van der Waals surface area (Å²) in [5.74, 6) is -3.12. The fraction of sp³-hybridized carbons (Fsp3) is 1.00. The molecule has 0 radical (unpaired) electrons. The van der Waals surface area contributed by atoms with Gasteiger partial charge in [-0.1, -0.05) is 0 Å². The van der Waals surface area contributed by atoms with Gasteiger partial charge in [-0.25, -0.2) is 8.75 Å². The van der Waals surface area contributed by atoms with Crippen molar-refractivity contribution in [3.8, 4) is 0 Å². The Morgan fingerprint density at radius 1 is 1.41 bits per heavy atom. The van der Waals surface area contributed by atoms with Crippen molar-refractivity contribution in [3.05, 3.63) is 0 Å². The van der Waals surface area contributed by atoms with E-state index in [1.54, 1.807) is 0 Å². The lowest BCUT2D eigenvalue weighted by molar-refractivity contribution is -0.176. The largest absolute Gasteiger partial charge is 0.513 e. The van der Waals surface area contributed by atoms with Crippen LogP contribution in [0.2, 0.25) is 0 Å². The lowest BCUT2D eigenvalue weighted by atomic mass is 10.7. The molecule has 0 fully saturated rings. The third-order valence-corrected chi connectivity index (χ3v) is 4.30. The minimum atomic E-state index is -5.17. The van der Waals surface area contributed by atoms with Crippen molar-refractivity contribution in [2.75, 3.05) is 20.0 Å². The summed E-state index contributed by atoms with van der Waals surface area (Å²) in [5, 5.41) is 0. The quantitative estimate of drug-likeness (QED) is 0.419. The highest BCUT2D eigenvalue weighted by Gasteiger charge is 2.61. The molecule has 0 aromatic heterocycles. The van der Waals surface area contributed by atoms with Crippen LogP contribution < -0.4 is 0 Å². The number of alkyl halides is 3. The van der Waals surface area contributed by atoms with E-state index in [1.807, 2.05) is 0 Å². The van der Waals surface area contributed by atoms with E-state index in [-0.39, 0.29) is 6.61 Å². The van der Waals surface area contributed by atoms with Crippen LogP contribution >= 0.6 is 7.60 Å². The number of hydrogen-bond donors (Lipinski definition) is 0. The zero-order chi connectivity index (χ0) is 13.9. The van der Waals surface area contributed by atoms with Crippen molar-refractivity contribution in [1.29, 1.82) is 0 Å². The van der Waals surface area contributed by atoms with Crippen molar-refractivity contribution >= 4 is 17.7 Å². The SMILES string of the molecule is CCOP(=O)([OH+]C)C(OS(C)(=O)=O)C(F)(F)F. The number of halogens is 3. The Bertz CT molecular complexity index is 391. The number of aliphatic hydroxyl groups is 1. The Morgan fingerprint density at radius 2 is 1.88 bits per heavy atom. The van der Waals surface area contributed by atoms with E-state index in [2.05, 4.69) is 13.2 Å². The molecule has 0 spiro atoms. The second-order valence-corrected chi connectivity index (χ2v) is 6.73. The van der Waals surface area contributed by atoms with Gasteiger partial charge in [0.05, 0.1) is 12.9 Å². The molecule has 17 heavy (non-hydrogen) atoms. The highest BCUT2D eigenvalue weighted by atomic mass is 32.2. The molecule has 2 unspecified atom stereocenters. The van der Waals surface area contributed by atoms with Gasteiger partial charge in [-0.15, -0.1) is 0 Å². The topological polar surface area (TPSA) is 82.5 Å². The highest BCUT2D eigenvalue weighted by molar-refractivity contribution is 7.86. The van der Waals surface area contributed by atoms with Gasteiger partial charge in [0, 0.05) is 0 Å². The molecule has 0 heterocycles. The Balaban J connectivity index is 5.39. The summed E-state index contributed by atoms with van der Waals surface area (Å²) in [6.07, 6.45) is -4.76. The first-order valence-corrected chi connectivity index (χ1v) is 7.73. The van der Waals surface area contributed by atoms with Gasteiger partial charge in [0.2, 0.25) is 0 Å². The summed E-state index contributed by atoms with van der Waals surface area (Å²) in [4.78, 5) is 0. The van der Waals surface area contributed by atoms with Crippen LogP contribution in [0, 0.1) is 0 Å². The Labute approximate surface area is 96.7 Å². The molecule has 0 aromatic carbocycles. The molecule has 0 rings (SSSR count). The Hall–Kier alpha value is -0.150. The van der Waals surface area contributed by atoms with Gasteiger partial charge in [0.1, 0.15) is 7.11 Å². The molecular weight excluding hydrogens is 288 g/mol. The van der Waals surface area contributed by atoms with Crippen LogP contribution in [-0.2, 0) is 23.4 Å². The fourth-order valence-electron chi connectivity index (χ4n) is 0.875. The van der Waals surface area contributed by atoms with Crippen LogP contribution in [0.3, 0.4) is 0 Å². The molecule has 0 aliphatic rings. The van der Waals surface area contributed by atoms with E-state index in [0.29, 0.717) is 6.26 Å². The summed E-state index contributed by atoms with van der Waals surface area (Å²) in [6, 6.07) is 0. The molecule has 0 amide bonds. The number of rotatable bonds is 6. The first-order valence-electron chi connectivity index (χ1n) is 4.27. The molecule has 0 aliphatic heterocycles. The molecule has 0 aliphatic carbocycles. The molecule has 6 nitrogen and oxygen atoms in total. The van der Waals surface area contributed by atoms with E-state index in [4.69, 9.17) is 0 Å². The summed E-state index contributed by atoms with van der Waals surface area (Å²) < 4.78 is 82.0. The maximum atomic E-state index is 12.6. The zero-order valence-electron chi connectivity index (χ0n) is 9.26. The second kappa shape index (κ2) is 5.66. The summed E-state index contributed by atoms with van der Waals surface area (Å²) >= 11 is 0. The smallest absolute Gasteiger partial charge is 0.379 e. The number of hydrogen-bond acceptors (Lipinski definition) is 5. The van der Waals surface area contributed by atoms with Gasteiger partial charge in [0.25, 0.3) is 10.1 Å². The van der Waals surface area contributed by atoms with Crippen LogP contribution in [0.25, 0.3) is 0 Å². The molecule has 11 heteroatoms. The first-order chi connectivity index (χ1) is 7.46. The van der Waals surface area contributed by atoms with E-state index in [9.17, 15) is 26.2 Å². The Kier molecular flexibility index (Phi) is 5.61. The van der Waals surface area contributed by atoms with Crippen LogP contribution in [-0.4, -0.2) is 44.9 Å². The van der Waals surface area contributed by atoms with Crippen molar-refractivity contribution in [2.45, 2.75) is 18.9 Å². The Morgan fingerprint density at radius 3 is 2.12 bits per heavy atom. The molecule has 0 aromatic rings. The normalized spacial score (nSPS) is 18.7. The van der Waals surface area contributed by atoms with Crippen LogP contribution in [0.1, 0.15) is 6.92 Å². The van der Waals surface area contributed by atoms with E-state index >= 15 is 0 Å². The van der Waals surface area contributed by atoms with Crippen LogP contribution in [0.4, 0.5) is 13.2 Å². The molecule has 0 saturated heterocycles. The average molecular weight is 301 g/mol. The van der Waals surface area contributed by atoms with Crippen LogP contribution in [0.5, 0.6) is 0 Å². The van der Waals surface area contributed by atoms with E-state index in [0.717, 1.165) is 7.11 Å². The zero-order valence-corrected chi connectivity index (χ0v) is 11.0. The molecule has 0 saturated carbocycles. The maximum Gasteiger partial charge on any atom is 0.513 e. The lowest BCUT2D eigenvalue weighted by Gasteiger charge is -2.22. The van der Waals surface area contributed by atoms with Gasteiger partial charge in [-0.3, -0.25) is 4.52 Å². The van der Waals surface area contributed by atoms with Gasteiger partial charge < -0.3 is 4.52 Å². The average Bonchev–Trinajstić information content (AvgIpc) is 2.11. The van der Waals surface area contributed by atoms with Crippen LogP contribution in [0.15, 0.2) is 0 Å². The molecule has 0 bridgehead atoms. The van der Waals surface area contributed by atoms with Crippen molar-refractivity contribution in [3.63, 3.8) is 0 Å². The predicted octanol–water partition coefficient (Wildman–Crippen LogP) is 1.24. The third kappa shape index (κ3) is 5.35. The van der Waals surface area contributed by atoms with Gasteiger partial charge in [0.15, 0.2) is 0 Å². The maximum absolute atomic E-state index is 12.6. The van der Waals surface area contributed by atoms with Crippen molar-refractivity contribution < 1.29 is 39.4 Å². The summed E-state index contributed by atoms with van der Waals surface area (Å²) in [7, 11) is -8.25. The van der Waals surface area contributed by atoms with Crippen molar-refractivity contribution in [1.82, 2.24) is 0 Å². The minimum Gasteiger partial charge on any atom is -0.379 e. The molecule has 1 N–H and O–H groups in total. The standard InChI is InChI=1S/C6H12F3O6PS/c1-4-14-16(10,13-2)5(6(7,8)9)15-17(3,11)12/h5H,4H2,1-3H3/p+1. The fourth-order valence-corrected chi connectivity index (χ4v) is 3.42. The highest BCUT2D eigenvalue weighted by Crippen LogP contribution is 2.56. The van der Waals surface area contributed by atoms with E-state index < -0.39 is 29.7 Å². The minimum absolute atomic E-state index is 0.325. The third-order valence-electron chi connectivity index (χ3n) is 1.44. The molecular formula is C6H13F3O6PS+. The second-order valence-electron chi connectivity index (χ2n) is 2.88. The molecule has 104 valence electrons. The first kappa shape index (κ1) is 16.9. The lowest BCUT2D eigenvalue weighted by Crippen LogP contribution is -2.35. The van der Waals surface area contributed by atoms with E-state index in [1.165, 1.54) is 6.92 Å². The van der Waals surface area contributed by atoms with Gasteiger partial charge in [-0.2, -0.15) is 21.6 Å². The predicted molar refractivity (Wildman–Crippen MR) is 53.1 cm³/mol.